The van der Waals surface area contributed by atoms with Crippen molar-refractivity contribution in [2.45, 2.75) is 32.7 Å². The van der Waals surface area contributed by atoms with E-state index in [1.807, 2.05) is 11.8 Å². The van der Waals surface area contributed by atoms with Gasteiger partial charge in [0.05, 0.1) is 0 Å². The quantitative estimate of drug-likeness (QED) is 0.599. The zero-order valence-corrected chi connectivity index (χ0v) is 8.13. The van der Waals surface area contributed by atoms with Crippen molar-refractivity contribution < 1.29 is 0 Å². The minimum Gasteiger partial charge on any atom is -0.313 e. The Kier molecular flexibility index (Phi) is 7.65. The number of nitrogens with one attached hydrogen (secondary N) is 1. The van der Waals surface area contributed by atoms with E-state index >= 15 is 0 Å². The van der Waals surface area contributed by atoms with Crippen LogP contribution in [-0.4, -0.2) is 24.6 Å². The molecule has 0 unspecified atom stereocenters. The Bertz CT molecular complexity index is 62.3. The second-order valence-electron chi connectivity index (χ2n) is 2.46. The summed E-state index contributed by atoms with van der Waals surface area (Å²) < 4.78 is 0. The van der Waals surface area contributed by atoms with Crippen molar-refractivity contribution in [2.24, 2.45) is 0 Å². The maximum Gasteiger partial charge on any atom is 0.00621 e. The molecular formula is C8H19NS. The molecule has 0 fully saturated rings. The second-order valence-corrected chi connectivity index (χ2v) is 3.45. The Morgan fingerprint density at radius 2 is 1.90 bits per heavy atom. The van der Waals surface area contributed by atoms with Crippen molar-refractivity contribution in [3.63, 3.8) is 0 Å². The van der Waals surface area contributed by atoms with Crippen molar-refractivity contribution in [3.05, 3.63) is 0 Å². The van der Waals surface area contributed by atoms with Gasteiger partial charge in [-0.15, -0.1) is 0 Å². The van der Waals surface area contributed by atoms with Crippen LogP contribution in [-0.2, 0) is 0 Å². The van der Waals surface area contributed by atoms with Gasteiger partial charge in [0, 0.05) is 18.3 Å². The third-order valence-corrected chi connectivity index (χ3v) is 2.34. The van der Waals surface area contributed by atoms with E-state index in [9.17, 15) is 0 Å². The Morgan fingerprint density at radius 3 is 2.30 bits per heavy atom. The van der Waals surface area contributed by atoms with Gasteiger partial charge in [0.25, 0.3) is 0 Å². The summed E-state index contributed by atoms with van der Waals surface area (Å²) in [5.41, 5.74) is 0. The zero-order valence-electron chi connectivity index (χ0n) is 7.31. The van der Waals surface area contributed by atoms with Crippen molar-refractivity contribution in [1.29, 1.82) is 0 Å². The highest BCUT2D eigenvalue weighted by atomic mass is 32.2. The molecule has 0 aromatic rings. The van der Waals surface area contributed by atoms with Gasteiger partial charge < -0.3 is 5.32 Å². The Hall–Kier alpha value is 0.310. The van der Waals surface area contributed by atoms with Crippen LogP contribution in [0.1, 0.15) is 26.7 Å². The molecule has 0 amide bonds. The lowest BCUT2D eigenvalue weighted by molar-refractivity contribution is 0.501. The summed E-state index contributed by atoms with van der Waals surface area (Å²) in [5.74, 6) is 1.23. The normalized spacial score (nSPS) is 10.8. The lowest BCUT2D eigenvalue weighted by atomic mass is 10.2. The topological polar surface area (TPSA) is 12.0 Å². The van der Waals surface area contributed by atoms with Crippen LogP contribution in [0.3, 0.4) is 0 Å². The molecule has 0 atom stereocenters. The van der Waals surface area contributed by atoms with Gasteiger partial charge in [-0.25, -0.2) is 0 Å². The molecule has 1 nitrogen and oxygen atoms in total. The fraction of sp³-hybridized carbons (Fsp3) is 1.00. The molecule has 0 aliphatic rings. The van der Waals surface area contributed by atoms with Crippen molar-refractivity contribution >= 4 is 11.8 Å². The van der Waals surface area contributed by atoms with Gasteiger partial charge in [0.15, 0.2) is 0 Å². The standard InChI is InChI=1S/C8H19NS/c1-4-8(5-2)9-6-7-10-3/h8-9H,4-7H2,1-3H3. The number of rotatable bonds is 6. The van der Waals surface area contributed by atoms with E-state index in [0.717, 1.165) is 12.6 Å². The van der Waals surface area contributed by atoms with E-state index in [2.05, 4.69) is 25.4 Å². The van der Waals surface area contributed by atoms with Gasteiger partial charge >= 0.3 is 0 Å². The lowest BCUT2D eigenvalue weighted by Crippen LogP contribution is -2.29. The van der Waals surface area contributed by atoms with E-state index in [1.165, 1.54) is 18.6 Å². The monoisotopic (exact) mass is 161 g/mol. The van der Waals surface area contributed by atoms with Gasteiger partial charge in [-0.2, -0.15) is 11.8 Å². The van der Waals surface area contributed by atoms with Crippen LogP contribution in [0.2, 0.25) is 0 Å². The Morgan fingerprint density at radius 1 is 1.30 bits per heavy atom. The third-order valence-electron chi connectivity index (χ3n) is 1.72. The van der Waals surface area contributed by atoms with Crippen LogP contribution < -0.4 is 5.32 Å². The highest BCUT2D eigenvalue weighted by Crippen LogP contribution is 1.96. The predicted molar refractivity (Wildman–Crippen MR) is 50.8 cm³/mol. The van der Waals surface area contributed by atoms with Crippen LogP contribution in [0.15, 0.2) is 0 Å². The molecule has 62 valence electrons. The summed E-state index contributed by atoms with van der Waals surface area (Å²) >= 11 is 1.90. The van der Waals surface area contributed by atoms with Gasteiger partial charge in [0.1, 0.15) is 0 Å². The molecule has 0 spiro atoms. The largest absolute Gasteiger partial charge is 0.313 e. The smallest absolute Gasteiger partial charge is 0.00621 e. The molecule has 1 N–H and O–H groups in total. The van der Waals surface area contributed by atoms with Crippen molar-refractivity contribution in [3.8, 4) is 0 Å². The average Bonchev–Trinajstić information content (AvgIpc) is 1.99. The van der Waals surface area contributed by atoms with Crippen LogP contribution in [0.4, 0.5) is 0 Å². The maximum atomic E-state index is 3.50. The van der Waals surface area contributed by atoms with Crippen LogP contribution in [0.25, 0.3) is 0 Å². The van der Waals surface area contributed by atoms with E-state index < -0.39 is 0 Å². The van der Waals surface area contributed by atoms with Gasteiger partial charge in [-0.1, -0.05) is 13.8 Å². The summed E-state index contributed by atoms with van der Waals surface area (Å²) in [6.07, 6.45) is 4.66. The Balaban J connectivity index is 3.09. The highest BCUT2D eigenvalue weighted by Gasteiger charge is 1.99. The van der Waals surface area contributed by atoms with E-state index in [4.69, 9.17) is 0 Å². The molecule has 0 aliphatic carbocycles. The van der Waals surface area contributed by atoms with Crippen LogP contribution in [0.5, 0.6) is 0 Å². The molecular weight excluding hydrogens is 142 g/mol. The maximum absolute atomic E-state index is 3.50. The molecule has 0 radical (unpaired) electrons. The zero-order chi connectivity index (χ0) is 7.82. The number of thioether (sulfide) groups is 1. The van der Waals surface area contributed by atoms with Crippen LogP contribution in [0, 0.1) is 0 Å². The first-order valence-corrected chi connectivity index (χ1v) is 5.46. The fourth-order valence-corrected chi connectivity index (χ4v) is 1.26. The van der Waals surface area contributed by atoms with E-state index in [1.54, 1.807) is 0 Å². The summed E-state index contributed by atoms with van der Waals surface area (Å²) in [6.45, 7) is 5.63. The molecule has 0 saturated carbocycles. The van der Waals surface area contributed by atoms with Gasteiger partial charge in [-0.3, -0.25) is 0 Å². The highest BCUT2D eigenvalue weighted by molar-refractivity contribution is 7.98. The summed E-state index contributed by atoms with van der Waals surface area (Å²) in [6, 6.07) is 0.743. The molecule has 0 bridgehead atoms. The first kappa shape index (κ1) is 10.3. The summed E-state index contributed by atoms with van der Waals surface area (Å²) in [4.78, 5) is 0. The molecule has 0 aliphatic heterocycles. The predicted octanol–water partition coefficient (Wildman–Crippen LogP) is 2.13. The molecule has 0 aromatic carbocycles. The molecule has 2 heteroatoms. The summed E-state index contributed by atoms with van der Waals surface area (Å²) in [7, 11) is 0. The number of hydrogen-bond acceptors (Lipinski definition) is 2. The molecule has 0 heterocycles. The minimum atomic E-state index is 0.743. The number of hydrogen-bond donors (Lipinski definition) is 1. The van der Waals surface area contributed by atoms with Crippen LogP contribution >= 0.6 is 11.8 Å². The molecule has 0 rings (SSSR count). The van der Waals surface area contributed by atoms with Crippen molar-refractivity contribution in [1.82, 2.24) is 5.32 Å². The van der Waals surface area contributed by atoms with E-state index in [0.29, 0.717) is 0 Å². The van der Waals surface area contributed by atoms with Gasteiger partial charge in [0.2, 0.25) is 0 Å². The molecule has 0 aromatic heterocycles. The third kappa shape index (κ3) is 5.12. The summed E-state index contributed by atoms with van der Waals surface area (Å²) in [5, 5.41) is 3.50. The lowest BCUT2D eigenvalue weighted by Gasteiger charge is -2.13. The first-order chi connectivity index (χ1) is 4.85. The molecule has 10 heavy (non-hydrogen) atoms. The van der Waals surface area contributed by atoms with Gasteiger partial charge in [-0.05, 0) is 19.1 Å². The fourth-order valence-electron chi connectivity index (χ4n) is 0.942. The van der Waals surface area contributed by atoms with E-state index in [-0.39, 0.29) is 0 Å². The first-order valence-electron chi connectivity index (χ1n) is 4.07. The SMILES string of the molecule is CCC(CC)NCCSC. The average molecular weight is 161 g/mol. The Labute approximate surface area is 69.0 Å². The molecule has 0 saturated heterocycles. The van der Waals surface area contributed by atoms with Crippen molar-refractivity contribution in [2.75, 3.05) is 18.6 Å². The second kappa shape index (κ2) is 7.42. The minimum absolute atomic E-state index is 0.743.